The van der Waals surface area contributed by atoms with Crippen LogP contribution in [-0.2, 0) is 33.6 Å². The summed E-state index contributed by atoms with van der Waals surface area (Å²) in [7, 11) is 2.96. The van der Waals surface area contributed by atoms with Crippen LogP contribution in [0.2, 0.25) is 0 Å². The van der Waals surface area contributed by atoms with Gasteiger partial charge in [-0.25, -0.2) is 19.6 Å². The molecule has 0 bridgehead atoms. The average molecular weight is 918 g/mol. The third-order valence-corrected chi connectivity index (χ3v) is 13.1. The molecular formula is C49H56N7O9P. The van der Waals surface area contributed by atoms with Crippen LogP contribution < -0.4 is 14.8 Å². The summed E-state index contributed by atoms with van der Waals surface area (Å²) >= 11 is 0. The van der Waals surface area contributed by atoms with Crippen molar-refractivity contribution in [2.45, 2.75) is 76.5 Å². The number of anilines is 1. The van der Waals surface area contributed by atoms with E-state index in [2.05, 4.69) is 53.7 Å². The molecule has 0 aliphatic carbocycles. The highest BCUT2D eigenvalue weighted by Gasteiger charge is 2.54. The number of rotatable bonds is 22. The molecule has 4 aromatic carbocycles. The number of benzene rings is 4. The van der Waals surface area contributed by atoms with Crippen LogP contribution in [0.3, 0.4) is 0 Å². The molecule has 17 heteroatoms. The third-order valence-electron chi connectivity index (χ3n) is 11.0. The number of hydrogen-bond acceptors (Lipinski definition) is 14. The smallest absolute Gasteiger partial charge is 0.259 e. The van der Waals surface area contributed by atoms with Gasteiger partial charge >= 0.3 is 0 Å². The van der Waals surface area contributed by atoms with E-state index in [1.165, 1.54) is 6.33 Å². The Morgan fingerprint density at radius 3 is 1.98 bits per heavy atom. The van der Waals surface area contributed by atoms with Gasteiger partial charge in [-0.3, -0.25) is 9.36 Å². The molecule has 0 spiro atoms. The lowest BCUT2D eigenvalue weighted by molar-refractivity contribution is -0.213. The van der Waals surface area contributed by atoms with E-state index in [9.17, 15) is 10.1 Å². The van der Waals surface area contributed by atoms with Crippen molar-refractivity contribution in [2.24, 2.45) is 0 Å². The molecular weight excluding hydrogens is 862 g/mol. The Morgan fingerprint density at radius 1 is 0.803 bits per heavy atom. The van der Waals surface area contributed by atoms with Crippen molar-refractivity contribution in [3.05, 3.63) is 144 Å². The molecule has 1 amide bonds. The first kappa shape index (κ1) is 48.1. The summed E-state index contributed by atoms with van der Waals surface area (Å²) in [4.78, 5) is 27.2. The minimum atomic E-state index is -1.88. The summed E-state index contributed by atoms with van der Waals surface area (Å²) in [5.41, 5.74) is 2.10. The van der Waals surface area contributed by atoms with Crippen LogP contribution in [0.1, 0.15) is 67.4 Å². The molecule has 6 aromatic rings. The Labute approximate surface area is 386 Å². The fraction of sp³-hybridized carbons (Fsp3) is 0.367. The van der Waals surface area contributed by atoms with Crippen molar-refractivity contribution < 1.29 is 42.3 Å². The number of methoxy groups -OCH3 is 3. The van der Waals surface area contributed by atoms with E-state index < -0.39 is 38.9 Å². The van der Waals surface area contributed by atoms with Crippen LogP contribution in [-0.4, -0.2) is 102 Å². The third kappa shape index (κ3) is 10.5. The number of imidazole rings is 1. The van der Waals surface area contributed by atoms with E-state index in [0.29, 0.717) is 28.2 Å². The van der Waals surface area contributed by atoms with Crippen molar-refractivity contribution in [1.29, 1.82) is 5.26 Å². The van der Waals surface area contributed by atoms with Crippen LogP contribution in [0, 0.1) is 11.3 Å². The number of nitrogens with zero attached hydrogens (tertiary/aromatic N) is 6. The topological polar surface area (TPSA) is 174 Å². The number of carbonyl (C=O) groups is 1. The summed E-state index contributed by atoms with van der Waals surface area (Å²) in [5.74, 6) is 1.18. The van der Waals surface area contributed by atoms with Crippen LogP contribution in [0.25, 0.3) is 11.2 Å². The number of carbonyl (C=O) groups excluding carboxylic acids is 1. The van der Waals surface area contributed by atoms with Crippen molar-refractivity contribution in [2.75, 3.05) is 46.5 Å². The van der Waals surface area contributed by atoms with Crippen LogP contribution in [0.5, 0.6) is 11.5 Å². The highest BCUT2D eigenvalue weighted by Crippen LogP contribution is 2.53. The number of ether oxygens (including phenoxy) is 6. The van der Waals surface area contributed by atoms with Crippen LogP contribution in [0.15, 0.2) is 122 Å². The Balaban J connectivity index is 1.42. The van der Waals surface area contributed by atoms with Gasteiger partial charge in [-0.2, -0.15) is 5.26 Å². The van der Waals surface area contributed by atoms with E-state index >= 15 is 0 Å². The molecule has 1 saturated heterocycles. The summed E-state index contributed by atoms with van der Waals surface area (Å²) in [6, 6.07) is 36.3. The van der Waals surface area contributed by atoms with Gasteiger partial charge in [0.05, 0.1) is 52.9 Å². The lowest BCUT2D eigenvalue weighted by atomic mass is 9.80. The molecule has 1 fully saturated rings. The highest BCUT2D eigenvalue weighted by molar-refractivity contribution is 7.44. The lowest BCUT2D eigenvalue weighted by Gasteiger charge is -2.41. The van der Waals surface area contributed by atoms with Gasteiger partial charge in [0.15, 0.2) is 29.5 Å². The van der Waals surface area contributed by atoms with Gasteiger partial charge in [-0.1, -0.05) is 72.8 Å². The highest BCUT2D eigenvalue weighted by atomic mass is 31.2. The molecule has 1 aliphatic rings. The maximum Gasteiger partial charge on any atom is 0.259 e. The van der Waals surface area contributed by atoms with E-state index in [1.807, 2.05) is 84.9 Å². The lowest BCUT2D eigenvalue weighted by Crippen LogP contribution is -2.45. The van der Waals surface area contributed by atoms with Gasteiger partial charge in [0.25, 0.3) is 14.4 Å². The summed E-state index contributed by atoms with van der Waals surface area (Å²) in [5, 5.41) is 12.5. The second-order valence-corrected chi connectivity index (χ2v) is 17.2. The molecule has 0 saturated carbocycles. The van der Waals surface area contributed by atoms with Gasteiger partial charge in [0.1, 0.15) is 35.6 Å². The zero-order valence-electron chi connectivity index (χ0n) is 38.1. The van der Waals surface area contributed by atoms with E-state index in [1.54, 1.807) is 56.5 Å². The van der Waals surface area contributed by atoms with Gasteiger partial charge in [0.2, 0.25) is 0 Å². The van der Waals surface area contributed by atoms with Crippen molar-refractivity contribution in [1.82, 2.24) is 24.2 Å². The molecule has 7 rings (SSSR count). The molecule has 66 heavy (non-hydrogen) atoms. The Morgan fingerprint density at radius 2 is 1.41 bits per heavy atom. The quantitative estimate of drug-likeness (QED) is 0.0389. The predicted octanol–water partition coefficient (Wildman–Crippen LogP) is 8.65. The summed E-state index contributed by atoms with van der Waals surface area (Å²) < 4.78 is 56.0. The molecule has 1 aliphatic heterocycles. The molecule has 2 unspecified atom stereocenters. The van der Waals surface area contributed by atoms with Crippen LogP contribution >= 0.6 is 8.53 Å². The fourth-order valence-corrected chi connectivity index (χ4v) is 9.71. The molecule has 1 N–H and O–H groups in total. The van der Waals surface area contributed by atoms with Gasteiger partial charge in [-0.15, -0.1) is 0 Å². The predicted molar refractivity (Wildman–Crippen MR) is 249 cm³/mol. The first-order valence-electron chi connectivity index (χ1n) is 21.7. The molecule has 5 atom stereocenters. The summed E-state index contributed by atoms with van der Waals surface area (Å²) in [6.45, 7) is 8.81. The molecule has 3 heterocycles. The standard InChI is InChI=1S/C49H56N7O9P/c1-33(2)56(34(3)4)66(62-28-14-27-50)65-43-42(61-30-29-58-5)47(55-32-53-41-44(51-31-52-45(41)55)54-46(57)35-15-10-8-11-16-35)63-48(43)64-49(36-17-12-9-13-18-36,37-19-23-39(59-6)24-20-37)38-21-25-40(60-7)26-22-38/h8-13,15-26,31-34,42-43,47-48H,14,28-30H2,1-7H3,(H,51,52,54,57)/t42-,43?,47+,48+,66?/m0/s1. The molecule has 346 valence electrons. The Kier molecular flexibility index (Phi) is 16.4. The van der Waals surface area contributed by atoms with Crippen LogP contribution in [0.4, 0.5) is 5.82 Å². The Hall–Kier alpha value is -5.86. The van der Waals surface area contributed by atoms with Gasteiger partial charge in [-0.05, 0) is 80.8 Å². The molecule has 0 radical (unpaired) electrons. The first-order valence-corrected chi connectivity index (χ1v) is 22.8. The number of hydrogen-bond donors (Lipinski definition) is 1. The van der Waals surface area contributed by atoms with E-state index in [4.69, 9.17) is 42.5 Å². The first-order chi connectivity index (χ1) is 32.1. The normalized spacial score (nSPS) is 17.9. The van der Waals surface area contributed by atoms with Crippen molar-refractivity contribution in [3.63, 3.8) is 0 Å². The fourth-order valence-electron chi connectivity index (χ4n) is 7.98. The molecule has 2 aromatic heterocycles. The number of amides is 1. The average Bonchev–Trinajstić information content (AvgIpc) is 3.92. The molecule has 16 nitrogen and oxygen atoms in total. The minimum absolute atomic E-state index is 0.0237. The zero-order chi connectivity index (χ0) is 46.6. The number of nitriles is 1. The summed E-state index contributed by atoms with van der Waals surface area (Å²) in [6.07, 6.45) is -1.02. The SMILES string of the molecule is COCCO[C@H]1C(OP(OCCC#N)N(C(C)C)C(C)C)[C@@H](OC(c2ccccc2)(c2ccc(OC)cc2)c2ccc(OC)cc2)O[C@H]1n1cnc2c(NC(=O)c3ccccc3)ncnc21. The van der Waals surface area contributed by atoms with Crippen molar-refractivity contribution in [3.8, 4) is 17.6 Å². The van der Waals surface area contributed by atoms with Gasteiger partial charge < -0.3 is 42.8 Å². The van der Waals surface area contributed by atoms with Gasteiger partial charge in [0, 0.05) is 24.8 Å². The maximum absolute atomic E-state index is 13.4. The monoisotopic (exact) mass is 917 g/mol. The maximum atomic E-state index is 13.4. The Bertz CT molecular complexity index is 2450. The second kappa shape index (κ2) is 22.6. The van der Waals surface area contributed by atoms with E-state index in [0.717, 1.165) is 16.7 Å². The number of nitrogens with one attached hydrogen (secondary N) is 1. The van der Waals surface area contributed by atoms with Crippen molar-refractivity contribution >= 4 is 31.4 Å². The number of fused-ring (bicyclic) bond motifs is 1. The zero-order valence-corrected chi connectivity index (χ0v) is 39.0. The largest absolute Gasteiger partial charge is 0.497 e. The van der Waals surface area contributed by atoms with E-state index in [-0.39, 0.29) is 50.1 Å². The number of aromatic nitrogens is 4. The minimum Gasteiger partial charge on any atom is -0.497 e. The second-order valence-electron chi connectivity index (χ2n) is 15.8.